The number of aliphatic hydroxyl groups is 1. The molecule has 0 spiro atoms. The molecule has 4 heterocycles. The molecule has 0 aromatic carbocycles. The quantitative estimate of drug-likeness (QED) is 0.394. The van der Waals surface area contributed by atoms with Gasteiger partial charge in [0.2, 0.25) is 0 Å². The summed E-state index contributed by atoms with van der Waals surface area (Å²) >= 11 is 0. The Hall–Kier alpha value is -4.23. The average Bonchev–Trinajstić information content (AvgIpc) is 3.45. The molecule has 4 rings (SSSR count). The second-order valence-electron chi connectivity index (χ2n) is 5.31. The van der Waals surface area contributed by atoms with E-state index in [1.807, 2.05) is 0 Å². The zero-order valence-corrected chi connectivity index (χ0v) is 14.5. The Bertz CT molecular complexity index is 920. The standard InChI is InChI=1S/2C7H8N6O/c2*14-7(1-12-5-8-3-10-12)2-13-6-9-4-11-13/h3-6H,1-2H2;1,3-6,14H,2H2/b;7-1-. The molecule has 0 amide bonds. The maximum atomic E-state index is 11.4. The maximum absolute atomic E-state index is 11.4. The molecule has 0 aliphatic rings. The molecule has 0 atom stereocenters. The van der Waals surface area contributed by atoms with Gasteiger partial charge >= 0.3 is 0 Å². The van der Waals surface area contributed by atoms with Crippen molar-refractivity contribution in [1.82, 2.24) is 59.1 Å². The second kappa shape index (κ2) is 9.46. The zero-order chi connectivity index (χ0) is 19.6. The van der Waals surface area contributed by atoms with Gasteiger partial charge in [-0.1, -0.05) is 0 Å². The van der Waals surface area contributed by atoms with Crippen molar-refractivity contribution in [2.75, 3.05) is 0 Å². The number of nitrogens with zero attached hydrogens (tertiary/aromatic N) is 12. The molecule has 4 aromatic rings. The summed E-state index contributed by atoms with van der Waals surface area (Å²) in [6.45, 7) is 0.680. The number of rotatable bonds is 7. The largest absolute Gasteiger partial charge is 0.509 e. The molecule has 1 N–H and O–H groups in total. The molecule has 28 heavy (non-hydrogen) atoms. The highest BCUT2D eigenvalue weighted by atomic mass is 16.3. The van der Waals surface area contributed by atoms with Crippen molar-refractivity contribution in [2.24, 2.45) is 0 Å². The highest BCUT2D eigenvalue weighted by Gasteiger charge is 2.04. The summed E-state index contributed by atoms with van der Waals surface area (Å²) in [5.41, 5.74) is 0. The molecule has 4 aromatic heterocycles. The van der Waals surface area contributed by atoms with Crippen LogP contribution in [0.1, 0.15) is 0 Å². The predicted octanol–water partition coefficient (Wildman–Crippen LogP) is -0.935. The first-order valence-electron chi connectivity index (χ1n) is 7.92. The van der Waals surface area contributed by atoms with Crippen LogP contribution in [0.5, 0.6) is 0 Å². The monoisotopic (exact) mass is 384 g/mol. The number of hydrogen-bond acceptors (Lipinski definition) is 10. The zero-order valence-electron chi connectivity index (χ0n) is 14.5. The Labute approximate surface area is 157 Å². The fourth-order valence-electron chi connectivity index (χ4n) is 2.00. The number of aliphatic hydroxyl groups excluding tert-OH is 1. The predicted molar refractivity (Wildman–Crippen MR) is 92.0 cm³/mol. The molecule has 0 radical (unpaired) electrons. The molecule has 0 aliphatic carbocycles. The lowest BCUT2D eigenvalue weighted by Crippen LogP contribution is -2.17. The second-order valence-corrected chi connectivity index (χ2v) is 5.31. The van der Waals surface area contributed by atoms with Crippen molar-refractivity contribution in [3.8, 4) is 0 Å². The van der Waals surface area contributed by atoms with E-state index in [0.29, 0.717) is 0 Å². The van der Waals surface area contributed by atoms with Crippen LogP contribution in [0.15, 0.2) is 56.4 Å². The fraction of sp³-hybridized carbons (Fsp3) is 0.214. The minimum Gasteiger partial charge on any atom is -0.509 e. The third-order valence-corrected chi connectivity index (χ3v) is 3.12. The van der Waals surface area contributed by atoms with Crippen LogP contribution in [-0.2, 0) is 24.4 Å². The minimum absolute atomic E-state index is 0.000926. The molecule has 0 unspecified atom stereocenters. The first-order valence-corrected chi connectivity index (χ1v) is 7.92. The van der Waals surface area contributed by atoms with Gasteiger partial charge in [-0.15, -0.1) is 0 Å². The number of allylic oxidation sites excluding steroid dienone is 1. The molecular formula is C14H16N12O2. The van der Waals surface area contributed by atoms with Crippen molar-refractivity contribution in [3.63, 3.8) is 0 Å². The summed E-state index contributed by atoms with van der Waals surface area (Å²) in [4.78, 5) is 26.4. The summed E-state index contributed by atoms with van der Waals surface area (Å²) in [6.07, 6.45) is 13.0. The average molecular weight is 384 g/mol. The smallest absolute Gasteiger partial charge is 0.175 e. The number of aromatic nitrogens is 12. The van der Waals surface area contributed by atoms with E-state index in [4.69, 9.17) is 0 Å². The van der Waals surface area contributed by atoms with Crippen molar-refractivity contribution in [3.05, 3.63) is 56.4 Å². The van der Waals surface area contributed by atoms with Gasteiger partial charge < -0.3 is 5.11 Å². The molecule has 14 heteroatoms. The summed E-state index contributed by atoms with van der Waals surface area (Å²) in [7, 11) is 0. The van der Waals surface area contributed by atoms with Crippen LogP contribution in [0.3, 0.4) is 0 Å². The summed E-state index contributed by atoms with van der Waals surface area (Å²) in [5, 5.41) is 24.8. The van der Waals surface area contributed by atoms with Crippen molar-refractivity contribution < 1.29 is 9.90 Å². The van der Waals surface area contributed by atoms with E-state index in [-0.39, 0.29) is 31.2 Å². The number of carbonyl (C=O) groups excluding carboxylic acids is 1. The highest BCUT2D eigenvalue weighted by molar-refractivity contribution is 5.77. The van der Waals surface area contributed by atoms with Gasteiger partial charge in [-0.3, -0.25) is 4.79 Å². The molecule has 0 aliphatic heterocycles. The third-order valence-electron chi connectivity index (χ3n) is 3.12. The van der Waals surface area contributed by atoms with Crippen LogP contribution in [0.2, 0.25) is 0 Å². The van der Waals surface area contributed by atoms with Gasteiger partial charge in [0.25, 0.3) is 0 Å². The Morgan fingerprint density at radius 2 is 1.18 bits per heavy atom. The first kappa shape index (κ1) is 18.6. The Morgan fingerprint density at radius 3 is 1.61 bits per heavy atom. The van der Waals surface area contributed by atoms with Gasteiger partial charge in [0.05, 0.1) is 6.20 Å². The van der Waals surface area contributed by atoms with Gasteiger partial charge in [0.1, 0.15) is 76.0 Å². The topological polar surface area (TPSA) is 160 Å². The SMILES string of the molecule is O/C(=C\n1cncn1)Cn1cncn1.O=C(Cn1cncn1)Cn1cncn1. The molecule has 14 nitrogen and oxygen atoms in total. The molecule has 0 saturated heterocycles. The summed E-state index contributed by atoms with van der Waals surface area (Å²) < 4.78 is 5.85. The Balaban J connectivity index is 0.000000161. The van der Waals surface area contributed by atoms with Crippen LogP contribution >= 0.6 is 0 Å². The van der Waals surface area contributed by atoms with E-state index in [2.05, 4.69) is 40.3 Å². The normalized spacial score (nSPS) is 11.1. The Kier molecular flexibility index (Phi) is 6.27. The van der Waals surface area contributed by atoms with Crippen LogP contribution in [0.4, 0.5) is 0 Å². The van der Waals surface area contributed by atoms with E-state index in [1.165, 1.54) is 75.5 Å². The maximum Gasteiger partial charge on any atom is 0.175 e. The number of hydrogen-bond donors (Lipinski definition) is 1. The van der Waals surface area contributed by atoms with Crippen LogP contribution < -0.4 is 0 Å². The van der Waals surface area contributed by atoms with Gasteiger partial charge in [-0.2, -0.15) is 20.4 Å². The number of Topliss-reactive ketones (excluding diaryl/α,β-unsaturated/α-hetero) is 1. The Morgan fingerprint density at radius 1 is 0.714 bits per heavy atom. The lowest BCUT2D eigenvalue weighted by atomic mass is 10.4. The van der Waals surface area contributed by atoms with Crippen LogP contribution in [0.25, 0.3) is 6.20 Å². The van der Waals surface area contributed by atoms with Crippen LogP contribution in [-0.4, -0.2) is 69.9 Å². The van der Waals surface area contributed by atoms with E-state index >= 15 is 0 Å². The number of carbonyl (C=O) groups is 1. The van der Waals surface area contributed by atoms with Crippen molar-refractivity contribution >= 4 is 12.0 Å². The van der Waals surface area contributed by atoms with Gasteiger partial charge in [0, 0.05) is 0 Å². The first-order chi connectivity index (χ1) is 13.7. The molecule has 144 valence electrons. The fourth-order valence-corrected chi connectivity index (χ4v) is 2.00. The van der Waals surface area contributed by atoms with Crippen LogP contribution in [0, 0.1) is 0 Å². The van der Waals surface area contributed by atoms with Gasteiger partial charge in [-0.05, 0) is 0 Å². The number of ketones is 1. The van der Waals surface area contributed by atoms with E-state index in [0.717, 1.165) is 0 Å². The van der Waals surface area contributed by atoms with Gasteiger partial charge in [0.15, 0.2) is 5.78 Å². The van der Waals surface area contributed by atoms with E-state index < -0.39 is 0 Å². The van der Waals surface area contributed by atoms with E-state index in [9.17, 15) is 9.90 Å². The van der Waals surface area contributed by atoms with Crippen molar-refractivity contribution in [2.45, 2.75) is 19.6 Å². The molecule has 0 saturated carbocycles. The van der Waals surface area contributed by atoms with E-state index in [1.54, 1.807) is 0 Å². The highest BCUT2D eigenvalue weighted by Crippen LogP contribution is 1.95. The van der Waals surface area contributed by atoms with Crippen molar-refractivity contribution in [1.29, 1.82) is 0 Å². The summed E-state index contributed by atoms with van der Waals surface area (Å²) in [5.74, 6) is 0.127. The van der Waals surface area contributed by atoms with Gasteiger partial charge in [-0.25, -0.2) is 38.7 Å². The minimum atomic E-state index is 0.000926. The lowest BCUT2D eigenvalue weighted by molar-refractivity contribution is -0.120. The lowest BCUT2D eigenvalue weighted by Gasteiger charge is -1.99. The molecular weight excluding hydrogens is 368 g/mol. The molecule has 0 bridgehead atoms. The molecule has 0 fully saturated rings. The summed E-state index contributed by atoms with van der Waals surface area (Å²) in [6, 6.07) is 0. The third kappa shape index (κ3) is 5.94.